The highest BCUT2D eigenvalue weighted by Gasteiger charge is 2.25. The SMILES string of the molecule is Nc1nc(-n2nc(Cc3ccccc3F)c3ncc(F)cc32)nc(N)c1N(Cc1ccccc1Cl)C(=O)O. The lowest BCUT2D eigenvalue weighted by molar-refractivity contribution is 0.201. The van der Waals surface area contributed by atoms with Gasteiger partial charge in [0, 0.05) is 17.5 Å². The molecule has 0 fully saturated rings. The van der Waals surface area contributed by atoms with Crippen LogP contribution in [0.4, 0.5) is 30.9 Å². The molecule has 0 atom stereocenters. The highest BCUT2D eigenvalue weighted by Crippen LogP contribution is 2.32. The largest absolute Gasteiger partial charge is 0.465 e. The van der Waals surface area contributed by atoms with Crippen LogP contribution in [0.3, 0.4) is 0 Å². The first-order chi connectivity index (χ1) is 18.2. The number of anilines is 3. The van der Waals surface area contributed by atoms with Gasteiger partial charge in [-0.2, -0.15) is 19.7 Å². The number of rotatable bonds is 6. The Labute approximate surface area is 219 Å². The second-order valence-electron chi connectivity index (χ2n) is 8.25. The quantitative estimate of drug-likeness (QED) is 0.285. The number of fused-ring (bicyclic) bond motifs is 1. The molecule has 10 nitrogen and oxygen atoms in total. The van der Waals surface area contributed by atoms with Gasteiger partial charge in [0.05, 0.1) is 24.0 Å². The van der Waals surface area contributed by atoms with E-state index in [1.165, 1.54) is 16.8 Å². The van der Waals surface area contributed by atoms with E-state index < -0.39 is 17.7 Å². The van der Waals surface area contributed by atoms with Gasteiger partial charge in [0.25, 0.3) is 5.95 Å². The smallest absolute Gasteiger partial charge is 0.412 e. The number of amides is 1. The summed E-state index contributed by atoms with van der Waals surface area (Å²) in [5, 5.41) is 14.7. The summed E-state index contributed by atoms with van der Waals surface area (Å²) in [4.78, 5) is 25.5. The molecular weight excluding hydrogens is 518 g/mol. The van der Waals surface area contributed by atoms with Gasteiger partial charge in [-0.05, 0) is 23.3 Å². The summed E-state index contributed by atoms with van der Waals surface area (Å²) < 4.78 is 29.6. The van der Waals surface area contributed by atoms with Crippen LogP contribution >= 0.6 is 11.6 Å². The molecule has 0 bridgehead atoms. The van der Waals surface area contributed by atoms with E-state index in [4.69, 9.17) is 23.1 Å². The van der Waals surface area contributed by atoms with Crippen LogP contribution in [0.5, 0.6) is 0 Å². The predicted octanol–water partition coefficient (Wildman–Crippen LogP) is 4.58. The van der Waals surface area contributed by atoms with Crippen molar-refractivity contribution >= 4 is 46.1 Å². The summed E-state index contributed by atoms with van der Waals surface area (Å²) >= 11 is 6.20. The molecule has 5 aromatic rings. The molecule has 3 heterocycles. The van der Waals surface area contributed by atoms with E-state index in [1.807, 2.05) is 0 Å². The Bertz CT molecular complexity index is 1670. The van der Waals surface area contributed by atoms with E-state index in [0.29, 0.717) is 27.4 Å². The van der Waals surface area contributed by atoms with Crippen LogP contribution in [0.15, 0.2) is 60.8 Å². The van der Waals surface area contributed by atoms with Gasteiger partial charge < -0.3 is 16.6 Å². The normalized spacial score (nSPS) is 11.1. The fourth-order valence-electron chi connectivity index (χ4n) is 4.02. The fraction of sp³-hybridized carbons (Fsp3) is 0.0800. The molecule has 13 heteroatoms. The molecule has 0 aliphatic heterocycles. The van der Waals surface area contributed by atoms with Gasteiger partial charge in [0.15, 0.2) is 11.6 Å². The average molecular weight is 537 g/mol. The van der Waals surface area contributed by atoms with E-state index in [-0.39, 0.29) is 41.8 Å². The van der Waals surface area contributed by atoms with E-state index >= 15 is 0 Å². The van der Waals surface area contributed by atoms with Crippen LogP contribution in [-0.2, 0) is 13.0 Å². The van der Waals surface area contributed by atoms with Crippen LogP contribution < -0.4 is 16.4 Å². The van der Waals surface area contributed by atoms with Crippen LogP contribution in [0, 0.1) is 11.6 Å². The van der Waals surface area contributed by atoms with Crippen molar-refractivity contribution in [1.29, 1.82) is 0 Å². The Morgan fingerprint density at radius 1 is 1.03 bits per heavy atom. The van der Waals surface area contributed by atoms with Crippen LogP contribution in [-0.4, -0.2) is 35.9 Å². The summed E-state index contributed by atoms with van der Waals surface area (Å²) in [7, 11) is 0. The summed E-state index contributed by atoms with van der Waals surface area (Å²) in [5.41, 5.74) is 13.9. The molecule has 0 aliphatic carbocycles. The van der Waals surface area contributed by atoms with Crippen molar-refractivity contribution in [3.05, 3.63) is 94.3 Å². The van der Waals surface area contributed by atoms with Crippen molar-refractivity contribution in [1.82, 2.24) is 24.7 Å². The van der Waals surface area contributed by atoms with E-state index in [0.717, 1.165) is 11.1 Å². The van der Waals surface area contributed by atoms with E-state index in [1.54, 1.807) is 42.5 Å². The molecule has 0 spiro atoms. The summed E-state index contributed by atoms with van der Waals surface area (Å²) in [5.74, 6) is -1.75. The topological polar surface area (TPSA) is 149 Å². The maximum absolute atomic E-state index is 14.3. The number of carbonyl (C=O) groups is 1. The second-order valence-corrected chi connectivity index (χ2v) is 8.66. The molecule has 5 N–H and O–H groups in total. The van der Waals surface area contributed by atoms with Crippen molar-refractivity contribution in [3.63, 3.8) is 0 Å². The number of nitrogens with zero attached hydrogens (tertiary/aromatic N) is 6. The molecule has 38 heavy (non-hydrogen) atoms. The van der Waals surface area contributed by atoms with Crippen molar-refractivity contribution in [2.45, 2.75) is 13.0 Å². The monoisotopic (exact) mass is 536 g/mol. The average Bonchev–Trinajstić information content (AvgIpc) is 3.22. The number of hydrogen-bond donors (Lipinski definition) is 3. The second kappa shape index (κ2) is 9.90. The number of nitrogens with two attached hydrogens (primary N) is 2. The summed E-state index contributed by atoms with van der Waals surface area (Å²) in [6, 6.07) is 14.1. The Morgan fingerprint density at radius 3 is 2.34 bits per heavy atom. The third-order valence-corrected chi connectivity index (χ3v) is 6.14. The zero-order chi connectivity index (χ0) is 27.0. The van der Waals surface area contributed by atoms with Gasteiger partial charge in [-0.15, -0.1) is 0 Å². The maximum atomic E-state index is 14.3. The fourth-order valence-corrected chi connectivity index (χ4v) is 4.21. The zero-order valence-electron chi connectivity index (χ0n) is 19.5. The van der Waals surface area contributed by atoms with E-state index in [2.05, 4.69) is 20.1 Å². The third-order valence-electron chi connectivity index (χ3n) is 5.77. The van der Waals surface area contributed by atoms with Crippen molar-refractivity contribution < 1.29 is 18.7 Å². The number of benzene rings is 2. The Balaban J connectivity index is 1.59. The minimum absolute atomic E-state index is 0.0580. The third kappa shape index (κ3) is 4.64. The van der Waals surface area contributed by atoms with Gasteiger partial charge in [0.1, 0.15) is 22.8 Å². The summed E-state index contributed by atoms with van der Waals surface area (Å²) in [6.45, 7) is -0.168. The molecule has 0 saturated carbocycles. The Kier molecular flexibility index (Phi) is 6.47. The number of halogens is 3. The lowest BCUT2D eigenvalue weighted by Crippen LogP contribution is -2.31. The molecule has 2 aromatic carbocycles. The van der Waals surface area contributed by atoms with Crippen LogP contribution in [0.25, 0.3) is 17.0 Å². The minimum atomic E-state index is -1.36. The zero-order valence-corrected chi connectivity index (χ0v) is 20.3. The van der Waals surface area contributed by atoms with Crippen molar-refractivity contribution in [2.75, 3.05) is 16.4 Å². The molecule has 5 rings (SSSR count). The molecule has 1 amide bonds. The molecular formula is C25H19ClF2N8O2. The summed E-state index contributed by atoms with van der Waals surface area (Å²) in [6.07, 6.45) is -0.281. The lowest BCUT2D eigenvalue weighted by Gasteiger charge is -2.22. The maximum Gasteiger partial charge on any atom is 0.412 e. The first-order valence-corrected chi connectivity index (χ1v) is 11.5. The molecule has 192 valence electrons. The standard InChI is InChI=1S/C25H19ClF2N8O2/c26-16-7-3-1-6-14(16)12-35(25(37)38)21-22(29)32-24(33-23(21)30)36-19-10-15(27)11-31-20(19)18(34-36)9-13-5-2-4-8-17(13)28/h1-8,10-11H,9,12H2,(H,37,38)(H4,29,30,32,33). The molecule has 0 aliphatic rings. The number of aromatic nitrogens is 5. The number of nitrogen functional groups attached to an aromatic ring is 2. The molecule has 0 unspecified atom stereocenters. The van der Waals surface area contributed by atoms with Crippen LogP contribution in [0.1, 0.15) is 16.8 Å². The highest BCUT2D eigenvalue weighted by atomic mass is 35.5. The Morgan fingerprint density at radius 2 is 1.68 bits per heavy atom. The molecule has 3 aromatic heterocycles. The van der Waals surface area contributed by atoms with Gasteiger partial charge in [-0.25, -0.2) is 18.6 Å². The first kappa shape index (κ1) is 24.8. The highest BCUT2D eigenvalue weighted by molar-refractivity contribution is 6.31. The van der Waals surface area contributed by atoms with Gasteiger partial charge >= 0.3 is 6.09 Å². The first-order valence-electron chi connectivity index (χ1n) is 11.2. The Hall–Kier alpha value is -4.84. The number of hydrogen-bond acceptors (Lipinski definition) is 7. The van der Waals surface area contributed by atoms with Gasteiger partial charge in [-0.3, -0.25) is 4.90 Å². The van der Waals surface area contributed by atoms with Gasteiger partial charge in [0.2, 0.25) is 0 Å². The van der Waals surface area contributed by atoms with Crippen molar-refractivity contribution in [2.24, 2.45) is 0 Å². The van der Waals surface area contributed by atoms with E-state index in [9.17, 15) is 18.7 Å². The predicted molar refractivity (Wildman–Crippen MR) is 138 cm³/mol. The number of pyridine rings is 1. The van der Waals surface area contributed by atoms with Crippen molar-refractivity contribution in [3.8, 4) is 5.95 Å². The minimum Gasteiger partial charge on any atom is -0.465 e. The number of carboxylic acid groups (broad SMARTS) is 1. The molecule has 0 saturated heterocycles. The van der Waals surface area contributed by atoms with Gasteiger partial charge in [-0.1, -0.05) is 48.0 Å². The van der Waals surface area contributed by atoms with Crippen LogP contribution in [0.2, 0.25) is 5.02 Å². The molecule has 0 radical (unpaired) electrons. The lowest BCUT2D eigenvalue weighted by atomic mass is 10.1.